The molecule has 2 heterocycles. The van der Waals surface area contributed by atoms with Gasteiger partial charge in [-0.1, -0.05) is 26.0 Å². The number of benzene rings is 1. The second kappa shape index (κ2) is 9.92. The second-order valence-electron chi connectivity index (χ2n) is 8.25. The summed E-state index contributed by atoms with van der Waals surface area (Å²) < 4.78 is 5.69. The Morgan fingerprint density at radius 3 is 2.68 bits per heavy atom. The second-order valence-corrected chi connectivity index (χ2v) is 8.25. The van der Waals surface area contributed by atoms with E-state index in [1.807, 2.05) is 29.2 Å². The lowest BCUT2D eigenvalue weighted by Crippen LogP contribution is -2.47. The molecule has 0 radical (unpaired) electrons. The fourth-order valence-electron chi connectivity index (χ4n) is 3.92. The van der Waals surface area contributed by atoms with Crippen LogP contribution in [0.25, 0.3) is 0 Å². The van der Waals surface area contributed by atoms with Crippen LogP contribution in [-0.4, -0.2) is 55.5 Å². The number of amides is 2. The van der Waals surface area contributed by atoms with Gasteiger partial charge in [-0.25, -0.2) is 0 Å². The molecule has 2 aliphatic heterocycles. The van der Waals surface area contributed by atoms with Crippen molar-refractivity contribution in [2.24, 2.45) is 5.92 Å². The maximum absolute atomic E-state index is 12.5. The average Bonchev–Trinajstić information content (AvgIpc) is 3.26. The molecular formula is C22H33N3O3. The summed E-state index contributed by atoms with van der Waals surface area (Å²) in [6.07, 6.45) is 3.98. The molecule has 0 aromatic heterocycles. The molecule has 154 valence electrons. The van der Waals surface area contributed by atoms with Crippen molar-refractivity contribution in [3.05, 3.63) is 29.8 Å². The first kappa shape index (κ1) is 20.6. The molecule has 2 unspecified atom stereocenters. The Hall–Kier alpha value is -2.08. The summed E-state index contributed by atoms with van der Waals surface area (Å²) in [5, 5.41) is 6.28. The number of rotatable bonds is 7. The number of piperidine rings is 1. The normalized spacial score (nSPS) is 22.3. The van der Waals surface area contributed by atoms with E-state index in [4.69, 9.17) is 4.74 Å². The smallest absolute Gasteiger partial charge is 0.260 e. The van der Waals surface area contributed by atoms with Crippen molar-refractivity contribution in [3.8, 4) is 5.75 Å². The number of likely N-dealkylation sites (tertiary alicyclic amines) is 1. The molecule has 0 aliphatic carbocycles. The fourth-order valence-corrected chi connectivity index (χ4v) is 3.92. The minimum atomic E-state index is -0.0446. The summed E-state index contributed by atoms with van der Waals surface area (Å²) in [5.74, 6) is 1.62. The third-order valence-corrected chi connectivity index (χ3v) is 5.72. The molecule has 2 atom stereocenters. The summed E-state index contributed by atoms with van der Waals surface area (Å²) in [6, 6.07) is 7.89. The molecule has 28 heavy (non-hydrogen) atoms. The van der Waals surface area contributed by atoms with Crippen LogP contribution < -0.4 is 15.4 Å². The highest BCUT2D eigenvalue weighted by Gasteiger charge is 2.26. The minimum absolute atomic E-state index is 0.0152. The van der Waals surface area contributed by atoms with Gasteiger partial charge in [-0.05, 0) is 61.8 Å². The van der Waals surface area contributed by atoms with Gasteiger partial charge in [-0.3, -0.25) is 9.59 Å². The van der Waals surface area contributed by atoms with Gasteiger partial charge in [0.2, 0.25) is 5.91 Å². The number of hydrogen-bond donors (Lipinski definition) is 2. The van der Waals surface area contributed by atoms with Crippen LogP contribution in [0.1, 0.15) is 51.0 Å². The van der Waals surface area contributed by atoms with E-state index in [2.05, 4.69) is 24.5 Å². The molecule has 6 nitrogen and oxygen atoms in total. The predicted octanol–water partition coefficient (Wildman–Crippen LogP) is 2.30. The van der Waals surface area contributed by atoms with E-state index < -0.39 is 0 Å². The number of nitrogens with zero attached hydrogens (tertiary/aromatic N) is 1. The van der Waals surface area contributed by atoms with Crippen molar-refractivity contribution in [1.29, 1.82) is 0 Å². The minimum Gasteiger partial charge on any atom is -0.484 e. The first-order valence-electron chi connectivity index (χ1n) is 10.5. The van der Waals surface area contributed by atoms with Crippen molar-refractivity contribution in [2.75, 3.05) is 32.8 Å². The van der Waals surface area contributed by atoms with Crippen LogP contribution in [-0.2, 0) is 9.59 Å². The molecule has 6 heteroatoms. The van der Waals surface area contributed by atoms with Crippen LogP contribution in [0.15, 0.2) is 24.3 Å². The maximum atomic E-state index is 12.5. The fraction of sp³-hybridized carbons (Fsp3) is 0.636. The number of nitrogens with one attached hydrogen (secondary N) is 2. The van der Waals surface area contributed by atoms with Gasteiger partial charge in [-0.15, -0.1) is 0 Å². The maximum Gasteiger partial charge on any atom is 0.260 e. The third-order valence-electron chi connectivity index (χ3n) is 5.72. The lowest BCUT2D eigenvalue weighted by molar-refractivity contribution is -0.135. The van der Waals surface area contributed by atoms with E-state index in [1.54, 1.807) is 0 Å². The van der Waals surface area contributed by atoms with Gasteiger partial charge in [0.25, 0.3) is 5.91 Å². The molecule has 1 aromatic carbocycles. The Morgan fingerprint density at radius 1 is 1.21 bits per heavy atom. The Labute approximate surface area is 168 Å². The standard InChI is InChI=1S/C22H33N3O3/c1-16(2)18-7-9-19(10-8-18)28-15-21(26)25-12-4-5-17(14-25)13-24-22(27)20-6-3-11-23-20/h7-10,16-17,20,23H,3-6,11-15H2,1-2H3,(H,24,27). The highest BCUT2D eigenvalue weighted by Crippen LogP contribution is 2.20. The molecule has 0 spiro atoms. The number of ether oxygens (including phenoxy) is 1. The van der Waals surface area contributed by atoms with Crippen molar-refractivity contribution in [3.63, 3.8) is 0 Å². The molecular weight excluding hydrogens is 354 g/mol. The summed E-state index contributed by atoms with van der Waals surface area (Å²) in [6.45, 7) is 7.38. The Balaban J connectivity index is 1.41. The molecule has 2 saturated heterocycles. The van der Waals surface area contributed by atoms with E-state index >= 15 is 0 Å². The van der Waals surface area contributed by atoms with Crippen molar-refractivity contribution >= 4 is 11.8 Å². The van der Waals surface area contributed by atoms with E-state index in [0.29, 0.717) is 24.9 Å². The van der Waals surface area contributed by atoms with Crippen LogP contribution in [0.5, 0.6) is 5.75 Å². The van der Waals surface area contributed by atoms with Gasteiger partial charge in [0.15, 0.2) is 6.61 Å². The van der Waals surface area contributed by atoms with Crippen LogP contribution in [0.2, 0.25) is 0 Å². The summed E-state index contributed by atoms with van der Waals surface area (Å²) in [5.41, 5.74) is 1.26. The van der Waals surface area contributed by atoms with E-state index in [9.17, 15) is 9.59 Å². The van der Waals surface area contributed by atoms with Crippen LogP contribution in [0, 0.1) is 5.92 Å². The number of carbonyl (C=O) groups is 2. The summed E-state index contributed by atoms with van der Waals surface area (Å²) in [7, 11) is 0. The van der Waals surface area contributed by atoms with E-state index in [1.165, 1.54) is 5.56 Å². The van der Waals surface area contributed by atoms with Gasteiger partial charge in [-0.2, -0.15) is 0 Å². The van der Waals surface area contributed by atoms with Gasteiger partial charge < -0.3 is 20.3 Å². The van der Waals surface area contributed by atoms with Gasteiger partial charge in [0.05, 0.1) is 6.04 Å². The van der Waals surface area contributed by atoms with Gasteiger partial charge in [0, 0.05) is 19.6 Å². The van der Waals surface area contributed by atoms with E-state index in [0.717, 1.165) is 44.5 Å². The van der Waals surface area contributed by atoms with Crippen molar-refractivity contribution < 1.29 is 14.3 Å². The lowest BCUT2D eigenvalue weighted by Gasteiger charge is -2.33. The van der Waals surface area contributed by atoms with E-state index in [-0.39, 0.29) is 24.5 Å². The highest BCUT2D eigenvalue weighted by atomic mass is 16.5. The van der Waals surface area contributed by atoms with Crippen LogP contribution in [0.3, 0.4) is 0 Å². The Kier molecular flexibility index (Phi) is 7.31. The molecule has 1 aromatic rings. The molecule has 0 saturated carbocycles. The molecule has 0 bridgehead atoms. The SMILES string of the molecule is CC(C)c1ccc(OCC(=O)N2CCCC(CNC(=O)C3CCCN3)C2)cc1. The third kappa shape index (κ3) is 5.71. The Bertz CT molecular complexity index is 653. The first-order valence-corrected chi connectivity index (χ1v) is 10.5. The average molecular weight is 388 g/mol. The lowest BCUT2D eigenvalue weighted by atomic mass is 9.97. The number of carbonyl (C=O) groups excluding carboxylic acids is 2. The largest absolute Gasteiger partial charge is 0.484 e. The summed E-state index contributed by atoms with van der Waals surface area (Å²) >= 11 is 0. The molecule has 2 aliphatic rings. The van der Waals surface area contributed by atoms with Gasteiger partial charge in [0.1, 0.15) is 5.75 Å². The topological polar surface area (TPSA) is 70.7 Å². The zero-order valence-corrected chi connectivity index (χ0v) is 17.1. The molecule has 2 amide bonds. The van der Waals surface area contributed by atoms with Crippen LogP contribution >= 0.6 is 0 Å². The van der Waals surface area contributed by atoms with Crippen molar-refractivity contribution in [2.45, 2.75) is 51.5 Å². The van der Waals surface area contributed by atoms with Gasteiger partial charge >= 0.3 is 0 Å². The first-order chi connectivity index (χ1) is 13.5. The molecule has 2 N–H and O–H groups in total. The molecule has 2 fully saturated rings. The summed E-state index contributed by atoms with van der Waals surface area (Å²) in [4.78, 5) is 26.6. The zero-order chi connectivity index (χ0) is 19.9. The predicted molar refractivity (Wildman–Crippen MR) is 109 cm³/mol. The Morgan fingerprint density at radius 2 is 2.00 bits per heavy atom. The monoisotopic (exact) mass is 387 g/mol. The molecule has 3 rings (SSSR count). The van der Waals surface area contributed by atoms with Crippen LogP contribution in [0.4, 0.5) is 0 Å². The number of hydrogen-bond acceptors (Lipinski definition) is 4. The zero-order valence-electron chi connectivity index (χ0n) is 17.1. The highest BCUT2D eigenvalue weighted by molar-refractivity contribution is 5.82. The van der Waals surface area contributed by atoms with Crippen molar-refractivity contribution in [1.82, 2.24) is 15.5 Å². The quantitative estimate of drug-likeness (QED) is 0.753.